The largest absolute Gasteiger partial charge is 0.442 e. The standard InChI is InChI=1S/C19H11ClN2O3S/c20-13-5-3-11(4-6-13)16-15(12-2-1-8-21-10-12)19(25-22-16)18(23)17-14(24-19)7-9-26-17/h1-10,15H. The lowest BCUT2D eigenvalue weighted by Gasteiger charge is -2.27. The van der Waals surface area contributed by atoms with Gasteiger partial charge in [-0.25, -0.2) is 0 Å². The summed E-state index contributed by atoms with van der Waals surface area (Å²) in [6.45, 7) is 0. The highest BCUT2D eigenvalue weighted by Gasteiger charge is 2.63. The van der Waals surface area contributed by atoms with Crippen LogP contribution in [0, 0.1) is 0 Å². The number of pyridine rings is 1. The van der Waals surface area contributed by atoms with Crippen LogP contribution in [0.3, 0.4) is 0 Å². The van der Waals surface area contributed by atoms with Crippen molar-refractivity contribution < 1.29 is 14.4 Å². The molecule has 5 rings (SSSR count). The maximum Gasteiger partial charge on any atom is 0.353 e. The summed E-state index contributed by atoms with van der Waals surface area (Å²) < 4.78 is 6.02. The Balaban J connectivity index is 1.65. The minimum atomic E-state index is -1.53. The average Bonchev–Trinajstić information content (AvgIpc) is 3.34. The second kappa shape index (κ2) is 5.65. The zero-order valence-electron chi connectivity index (χ0n) is 13.3. The van der Waals surface area contributed by atoms with E-state index in [0.717, 1.165) is 11.1 Å². The van der Waals surface area contributed by atoms with Gasteiger partial charge in [0, 0.05) is 23.0 Å². The van der Waals surface area contributed by atoms with E-state index in [9.17, 15) is 4.79 Å². The van der Waals surface area contributed by atoms with Crippen molar-refractivity contribution in [3.63, 3.8) is 0 Å². The second-order valence-corrected chi connectivity index (χ2v) is 7.36. The first-order valence-electron chi connectivity index (χ1n) is 7.92. The van der Waals surface area contributed by atoms with Gasteiger partial charge >= 0.3 is 5.79 Å². The number of Topliss-reactive ketones (excluding diaryl/α,β-unsaturated/α-hetero) is 1. The Morgan fingerprint density at radius 2 is 2.00 bits per heavy atom. The van der Waals surface area contributed by atoms with E-state index in [1.165, 1.54) is 11.3 Å². The Labute approximate surface area is 157 Å². The molecule has 26 heavy (non-hydrogen) atoms. The summed E-state index contributed by atoms with van der Waals surface area (Å²) in [6, 6.07) is 12.7. The van der Waals surface area contributed by atoms with Gasteiger partial charge in [-0.2, -0.15) is 0 Å². The zero-order chi connectivity index (χ0) is 17.7. The van der Waals surface area contributed by atoms with Gasteiger partial charge in [0.1, 0.15) is 22.3 Å². The van der Waals surface area contributed by atoms with Gasteiger partial charge < -0.3 is 9.57 Å². The molecule has 0 amide bonds. The molecule has 0 saturated heterocycles. The van der Waals surface area contributed by atoms with E-state index in [2.05, 4.69) is 10.1 Å². The van der Waals surface area contributed by atoms with Crippen LogP contribution in [-0.4, -0.2) is 22.3 Å². The molecule has 0 saturated carbocycles. The average molecular weight is 383 g/mol. The van der Waals surface area contributed by atoms with Crippen molar-refractivity contribution in [2.45, 2.75) is 11.7 Å². The number of thiophene rings is 1. The van der Waals surface area contributed by atoms with Crippen molar-refractivity contribution in [1.29, 1.82) is 0 Å². The topological polar surface area (TPSA) is 60.8 Å². The number of nitrogens with zero attached hydrogens (tertiary/aromatic N) is 2. The van der Waals surface area contributed by atoms with Crippen LogP contribution in [0.25, 0.3) is 0 Å². The molecule has 3 aromatic rings. The van der Waals surface area contributed by atoms with E-state index < -0.39 is 11.7 Å². The van der Waals surface area contributed by atoms with Crippen molar-refractivity contribution in [3.05, 3.63) is 81.3 Å². The van der Waals surface area contributed by atoms with Gasteiger partial charge in [0.15, 0.2) is 0 Å². The fourth-order valence-corrected chi connectivity index (χ4v) is 4.26. The number of ether oxygens (including phenoxy) is 1. The Morgan fingerprint density at radius 1 is 1.15 bits per heavy atom. The number of oxime groups is 1. The van der Waals surface area contributed by atoms with Gasteiger partial charge in [-0.3, -0.25) is 9.78 Å². The normalized spacial score (nSPS) is 23.5. The van der Waals surface area contributed by atoms with E-state index in [-0.39, 0.29) is 5.78 Å². The summed E-state index contributed by atoms with van der Waals surface area (Å²) in [4.78, 5) is 23.6. The third-order valence-electron chi connectivity index (χ3n) is 4.50. The summed E-state index contributed by atoms with van der Waals surface area (Å²) in [5.74, 6) is -1.75. The summed E-state index contributed by atoms with van der Waals surface area (Å²) >= 11 is 7.34. The maximum absolute atomic E-state index is 13.1. The lowest BCUT2D eigenvalue weighted by molar-refractivity contribution is -0.128. The predicted molar refractivity (Wildman–Crippen MR) is 98.1 cm³/mol. The molecule has 5 nitrogen and oxygen atoms in total. The van der Waals surface area contributed by atoms with Crippen LogP contribution in [0.1, 0.15) is 26.7 Å². The minimum absolute atomic E-state index is 0.218. The summed E-state index contributed by atoms with van der Waals surface area (Å²) in [5, 5.41) is 6.69. The maximum atomic E-state index is 13.1. The fraction of sp³-hybridized carbons (Fsp3) is 0.105. The van der Waals surface area contributed by atoms with E-state index >= 15 is 0 Å². The molecule has 2 aliphatic rings. The smallest absolute Gasteiger partial charge is 0.353 e. The van der Waals surface area contributed by atoms with Crippen molar-refractivity contribution in [3.8, 4) is 5.75 Å². The highest BCUT2D eigenvalue weighted by Crippen LogP contribution is 2.50. The molecule has 0 bridgehead atoms. The molecule has 7 heteroatoms. The number of fused-ring (bicyclic) bond motifs is 1. The molecule has 0 radical (unpaired) electrons. The van der Waals surface area contributed by atoms with Crippen LogP contribution < -0.4 is 4.74 Å². The highest BCUT2D eigenvalue weighted by molar-refractivity contribution is 7.12. The van der Waals surface area contributed by atoms with E-state index in [1.807, 2.05) is 29.6 Å². The van der Waals surface area contributed by atoms with Gasteiger partial charge in [-0.05, 0) is 35.2 Å². The number of carbonyl (C=O) groups excluding carboxylic acids is 1. The number of carbonyl (C=O) groups is 1. The third kappa shape index (κ3) is 2.12. The number of benzene rings is 1. The predicted octanol–water partition coefficient (Wildman–Crippen LogP) is 4.29. The molecular formula is C19H11ClN2O3S. The Bertz CT molecular complexity index is 1030. The number of hydrogen-bond donors (Lipinski definition) is 0. The lowest BCUT2D eigenvalue weighted by Crippen LogP contribution is -2.46. The monoisotopic (exact) mass is 382 g/mol. The van der Waals surface area contributed by atoms with Crippen molar-refractivity contribution in [2.75, 3.05) is 0 Å². The van der Waals surface area contributed by atoms with Gasteiger partial charge in [0.05, 0.1) is 0 Å². The number of aromatic nitrogens is 1. The number of halogens is 1. The molecule has 2 aliphatic heterocycles. The van der Waals surface area contributed by atoms with E-state index in [0.29, 0.717) is 21.4 Å². The Hall–Kier alpha value is -2.70. The fourth-order valence-electron chi connectivity index (χ4n) is 3.33. The molecule has 4 heterocycles. The summed E-state index contributed by atoms with van der Waals surface area (Å²) in [7, 11) is 0. The Morgan fingerprint density at radius 3 is 2.73 bits per heavy atom. The van der Waals surface area contributed by atoms with E-state index in [4.69, 9.17) is 21.2 Å². The SMILES string of the molecule is O=C1c2sccc2OC12ON=C(c1ccc(Cl)cc1)C2c1cccnc1. The molecule has 0 N–H and O–H groups in total. The molecular weight excluding hydrogens is 372 g/mol. The van der Waals surface area contributed by atoms with Gasteiger partial charge in [0.25, 0.3) is 5.78 Å². The zero-order valence-corrected chi connectivity index (χ0v) is 14.8. The second-order valence-electron chi connectivity index (χ2n) is 6.01. The van der Waals surface area contributed by atoms with Crippen LogP contribution in [0.4, 0.5) is 0 Å². The summed E-state index contributed by atoms with van der Waals surface area (Å²) in [6.07, 6.45) is 3.38. The van der Waals surface area contributed by atoms with Gasteiger partial charge in [-0.1, -0.05) is 35.0 Å². The number of hydrogen-bond acceptors (Lipinski definition) is 6. The quantitative estimate of drug-likeness (QED) is 0.663. The highest BCUT2D eigenvalue weighted by atomic mass is 35.5. The molecule has 0 fully saturated rings. The molecule has 1 aromatic carbocycles. The van der Waals surface area contributed by atoms with Gasteiger partial charge in [-0.15, -0.1) is 11.3 Å². The van der Waals surface area contributed by atoms with Crippen molar-refractivity contribution in [2.24, 2.45) is 5.16 Å². The molecule has 0 aliphatic carbocycles. The summed E-state index contributed by atoms with van der Waals surface area (Å²) in [5.41, 5.74) is 2.21. The van der Waals surface area contributed by atoms with Crippen molar-refractivity contribution in [1.82, 2.24) is 4.98 Å². The molecule has 2 atom stereocenters. The molecule has 2 unspecified atom stereocenters. The van der Waals surface area contributed by atoms with E-state index in [1.54, 1.807) is 30.6 Å². The third-order valence-corrected chi connectivity index (χ3v) is 5.65. The van der Waals surface area contributed by atoms with Crippen LogP contribution in [0.2, 0.25) is 5.02 Å². The minimum Gasteiger partial charge on any atom is -0.442 e. The first-order chi connectivity index (χ1) is 12.7. The number of ketones is 1. The van der Waals surface area contributed by atoms with Crippen molar-refractivity contribution >= 4 is 34.4 Å². The van der Waals surface area contributed by atoms with Gasteiger partial charge in [0.2, 0.25) is 0 Å². The molecule has 2 aromatic heterocycles. The van der Waals surface area contributed by atoms with Crippen LogP contribution in [-0.2, 0) is 4.84 Å². The van der Waals surface area contributed by atoms with Crippen LogP contribution in [0.5, 0.6) is 5.75 Å². The Kier molecular flexibility index (Phi) is 3.38. The molecule has 1 spiro atoms. The first-order valence-corrected chi connectivity index (χ1v) is 9.18. The number of rotatable bonds is 2. The van der Waals surface area contributed by atoms with Crippen LogP contribution in [0.15, 0.2) is 65.4 Å². The molecule has 128 valence electrons. The van der Waals surface area contributed by atoms with Crippen LogP contribution >= 0.6 is 22.9 Å². The lowest BCUT2D eigenvalue weighted by atomic mass is 9.83. The first kappa shape index (κ1) is 15.5.